The first kappa shape index (κ1) is 14.2. The second kappa shape index (κ2) is 6.29. The van der Waals surface area contributed by atoms with Gasteiger partial charge in [0, 0.05) is 5.02 Å². The fourth-order valence-electron chi connectivity index (χ4n) is 1.45. The Morgan fingerprint density at radius 3 is 2.26 bits per heavy atom. The molecule has 2 rings (SSSR count). The second-order valence-corrected chi connectivity index (χ2v) is 5.08. The Balaban J connectivity index is 2.00. The maximum absolute atomic E-state index is 11.8. The van der Waals surface area contributed by atoms with Crippen molar-refractivity contribution in [1.82, 2.24) is 0 Å². The predicted octanol–water partition coefficient (Wildman–Crippen LogP) is 5.00. The van der Waals surface area contributed by atoms with Gasteiger partial charge in [0.2, 0.25) is 0 Å². The van der Waals surface area contributed by atoms with Crippen LogP contribution < -0.4 is 0 Å². The van der Waals surface area contributed by atoms with E-state index < -0.39 is 5.97 Å². The summed E-state index contributed by atoms with van der Waals surface area (Å²) >= 11 is 17.4. The highest BCUT2D eigenvalue weighted by atomic mass is 35.5. The first-order valence-electron chi connectivity index (χ1n) is 5.43. The van der Waals surface area contributed by atoms with Crippen molar-refractivity contribution in [3.8, 4) is 0 Å². The van der Waals surface area contributed by atoms with E-state index in [9.17, 15) is 4.79 Å². The molecule has 0 N–H and O–H groups in total. The van der Waals surface area contributed by atoms with Gasteiger partial charge < -0.3 is 4.74 Å². The molecule has 0 aliphatic heterocycles. The monoisotopic (exact) mass is 314 g/mol. The maximum Gasteiger partial charge on any atom is 0.338 e. The Hall–Kier alpha value is -1.22. The van der Waals surface area contributed by atoms with Crippen molar-refractivity contribution in [3.63, 3.8) is 0 Å². The zero-order valence-electron chi connectivity index (χ0n) is 9.70. The summed E-state index contributed by atoms with van der Waals surface area (Å²) < 4.78 is 5.17. The number of carbonyl (C=O) groups is 1. The zero-order chi connectivity index (χ0) is 13.8. The summed E-state index contributed by atoms with van der Waals surface area (Å²) in [5.74, 6) is -0.414. The number of esters is 1. The van der Waals surface area contributed by atoms with Gasteiger partial charge in [-0.3, -0.25) is 0 Å². The van der Waals surface area contributed by atoms with Crippen molar-refractivity contribution < 1.29 is 9.53 Å². The molecule has 0 aromatic heterocycles. The van der Waals surface area contributed by atoms with Crippen LogP contribution in [0, 0.1) is 0 Å². The number of halogens is 3. The minimum absolute atomic E-state index is 0.137. The summed E-state index contributed by atoms with van der Waals surface area (Å²) in [5, 5.41) is 1.47. The zero-order valence-corrected chi connectivity index (χ0v) is 12.0. The van der Waals surface area contributed by atoms with E-state index >= 15 is 0 Å². The van der Waals surface area contributed by atoms with Gasteiger partial charge in [0.15, 0.2) is 0 Å². The molecular weight excluding hydrogens is 307 g/mol. The van der Waals surface area contributed by atoms with Crippen LogP contribution in [0.5, 0.6) is 0 Å². The van der Waals surface area contributed by atoms with Crippen LogP contribution >= 0.6 is 34.8 Å². The third kappa shape index (κ3) is 3.87. The lowest BCUT2D eigenvalue weighted by atomic mass is 10.2. The lowest BCUT2D eigenvalue weighted by molar-refractivity contribution is 0.0473. The molecule has 5 heteroatoms. The van der Waals surface area contributed by atoms with Crippen LogP contribution in [0.1, 0.15) is 15.9 Å². The van der Waals surface area contributed by atoms with Gasteiger partial charge in [-0.1, -0.05) is 40.9 Å². The van der Waals surface area contributed by atoms with Crippen molar-refractivity contribution in [2.75, 3.05) is 0 Å². The van der Waals surface area contributed by atoms with Gasteiger partial charge >= 0.3 is 5.97 Å². The smallest absolute Gasteiger partial charge is 0.338 e. The molecule has 0 aliphatic rings. The van der Waals surface area contributed by atoms with Gasteiger partial charge in [0.1, 0.15) is 6.61 Å². The molecule has 0 spiro atoms. The summed E-state index contributed by atoms with van der Waals surface area (Å²) in [4.78, 5) is 11.8. The number of hydrogen-bond acceptors (Lipinski definition) is 2. The predicted molar refractivity (Wildman–Crippen MR) is 77.0 cm³/mol. The quantitative estimate of drug-likeness (QED) is 0.745. The average molecular weight is 316 g/mol. The minimum atomic E-state index is -0.414. The molecule has 19 heavy (non-hydrogen) atoms. The standard InChI is InChI=1S/C14H9Cl3O2/c15-11-4-2-10(3-5-11)14(18)19-8-9-1-6-12(16)13(17)7-9/h1-7H,8H2. The van der Waals surface area contributed by atoms with E-state index in [2.05, 4.69) is 0 Å². The van der Waals surface area contributed by atoms with E-state index in [0.717, 1.165) is 5.56 Å². The van der Waals surface area contributed by atoms with Gasteiger partial charge in [-0.05, 0) is 42.0 Å². The van der Waals surface area contributed by atoms with Gasteiger partial charge in [0.05, 0.1) is 15.6 Å². The molecule has 0 atom stereocenters. The van der Waals surface area contributed by atoms with Gasteiger partial charge in [0.25, 0.3) is 0 Å². The van der Waals surface area contributed by atoms with E-state index in [-0.39, 0.29) is 6.61 Å². The molecule has 0 unspecified atom stereocenters. The molecule has 0 aliphatic carbocycles. The molecule has 0 saturated heterocycles. The number of benzene rings is 2. The van der Waals surface area contributed by atoms with Gasteiger partial charge in [-0.2, -0.15) is 0 Å². The molecule has 0 amide bonds. The van der Waals surface area contributed by atoms with Crippen molar-refractivity contribution in [2.24, 2.45) is 0 Å². The van der Waals surface area contributed by atoms with Gasteiger partial charge in [-0.25, -0.2) is 4.79 Å². The van der Waals surface area contributed by atoms with E-state index in [1.165, 1.54) is 0 Å². The molecule has 2 nitrogen and oxygen atoms in total. The van der Waals surface area contributed by atoms with Gasteiger partial charge in [-0.15, -0.1) is 0 Å². The third-order valence-corrected chi connectivity index (χ3v) is 3.42. The highest BCUT2D eigenvalue weighted by Crippen LogP contribution is 2.23. The van der Waals surface area contributed by atoms with Crippen LogP contribution in [0.4, 0.5) is 0 Å². The first-order valence-corrected chi connectivity index (χ1v) is 6.56. The third-order valence-electron chi connectivity index (χ3n) is 2.43. The second-order valence-electron chi connectivity index (χ2n) is 3.83. The normalized spacial score (nSPS) is 10.3. The first-order chi connectivity index (χ1) is 9.06. The Bertz CT molecular complexity index is 594. The molecule has 0 heterocycles. The molecule has 2 aromatic rings. The molecule has 2 aromatic carbocycles. The summed E-state index contributed by atoms with van der Waals surface area (Å²) in [6.07, 6.45) is 0. The van der Waals surface area contributed by atoms with Crippen LogP contribution in [0.25, 0.3) is 0 Å². The summed E-state index contributed by atoms with van der Waals surface area (Å²) in [6.45, 7) is 0.137. The topological polar surface area (TPSA) is 26.3 Å². The van der Waals surface area contributed by atoms with Crippen LogP contribution in [0.2, 0.25) is 15.1 Å². The number of rotatable bonds is 3. The van der Waals surface area contributed by atoms with Crippen molar-refractivity contribution in [2.45, 2.75) is 6.61 Å². The SMILES string of the molecule is O=C(OCc1ccc(Cl)c(Cl)c1)c1ccc(Cl)cc1. The van der Waals surface area contributed by atoms with Crippen molar-refractivity contribution >= 4 is 40.8 Å². The summed E-state index contributed by atoms with van der Waals surface area (Å²) in [6, 6.07) is 11.6. The molecule has 0 radical (unpaired) electrons. The Morgan fingerprint density at radius 2 is 1.63 bits per heavy atom. The largest absolute Gasteiger partial charge is 0.457 e. The fraction of sp³-hybridized carbons (Fsp3) is 0.0714. The number of hydrogen-bond donors (Lipinski definition) is 0. The Kier molecular flexibility index (Phi) is 4.70. The lowest BCUT2D eigenvalue weighted by Crippen LogP contribution is -2.04. The number of ether oxygens (including phenoxy) is 1. The van der Waals surface area contributed by atoms with E-state index in [0.29, 0.717) is 20.6 Å². The van der Waals surface area contributed by atoms with Crippen LogP contribution in [0.3, 0.4) is 0 Å². The highest BCUT2D eigenvalue weighted by molar-refractivity contribution is 6.42. The molecule has 0 fully saturated rings. The molecule has 0 bridgehead atoms. The van der Waals surface area contributed by atoms with E-state index in [1.54, 1.807) is 42.5 Å². The molecule has 0 saturated carbocycles. The maximum atomic E-state index is 11.8. The molecular formula is C14H9Cl3O2. The van der Waals surface area contributed by atoms with Crippen molar-refractivity contribution in [1.29, 1.82) is 0 Å². The average Bonchev–Trinajstić information content (AvgIpc) is 2.40. The highest BCUT2D eigenvalue weighted by Gasteiger charge is 2.07. The summed E-state index contributed by atoms with van der Waals surface area (Å²) in [5.41, 5.74) is 1.22. The van der Waals surface area contributed by atoms with Crippen LogP contribution in [0.15, 0.2) is 42.5 Å². The fourth-order valence-corrected chi connectivity index (χ4v) is 1.89. The van der Waals surface area contributed by atoms with E-state index in [4.69, 9.17) is 39.5 Å². The Morgan fingerprint density at radius 1 is 0.947 bits per heavy atom. The number of carbonyl (C=O) groups excluding carboxylic acids is 1. The van der Waals surface area contributed by atoms with Crippen molar-refractivity contribution in [3.05, 3.63) is 68.7 Å². The lowest BCUT2D eigenvalue weighted by Gasteiger charge is -2.06. The van der Waals surface area contributed by atoms with Crippen LogP contribution in [-0.4, -0.2) is 5.97 Å². The van der Waals surface area contributed by atoms with Crippen LogP contribution in [-0.2, 0) is 11.3 Å². The Labute approximate surface area is 125 Å². The minimum Gasteiger partial charge on any atom is -0.457 e. The molecule has 98 valence electrons. The summed E-state index contributed by atoms with van der Waals surface area (Å²) in [7, 11) is 0. The van der Waals surface area contributed by atoms with E-state index in [1.807, 2.05) is 0 Å².